The molecule has 1 saturated heterocycles. The Labute approximate surface area is 163 Å². The van der Waals surface area contributed by atoms with Crippen LogP contribution in [0.4, 0.5) is 0 Å². The molecule has 1 aliphatic rings. The number of sulfone groups is 1. The van der Waals surface area contributed by atoms with E-state index < -0.39 is 15.1 Å². The van der Waals surface area contributed by atoms with Crippen LogP contribution in [0.25, 0.3) is 0 Å². The van der Waals surface area contributed by atoms with Crippen molar-refractivity contribution in [2.24, 2.45) is 0 Å². The summed E-state index contributed by atoms with van der Waals surface area (Å²) in [6, 6.07) is 13.1. The highest BCUT2D eigenvalue weighted by molar-refractivity contribution is 7.92. The van der Waals surface area contributed by atoms with Crippen molar-refractivity contribution in [3.05, 3.63) is 53.6 Å². The number of methoxy groups -OCH3 is 1. The van der Waals surface area contributed by atoms with E-state index in [4.69, 9.17) is 21.1 Å². The predicted molar refractivity (Wildman–Crippen MR) is 102 cm³/mol. The van der Waals surface area contributed by atoms with Crippen molar-refractivity contribution in [1.82, 2.24) is 4.90 Å². The van der Waals surface area contributed by atoms with Crippen molar-refractivity contribution in [1.29, 1.82) is 0 Å². The zero-order valence-corrected chi connectivity index (χ0v) is 16.4. The zero-order valence-electron chi connectivity index (χ0n) is 14.8. The second-order valence-corrected chi connectivity index (χ2v) is 8.85. The number of para-hydroxylation sites is 2. The van der Waals surface area contributed by atoms with Crippen LogP contribution in [-0.4, -0.2) is 51.3 Å². The molecule has 144 valence electrons. The number of amides is 1. The Balaban J connectivity index is 1.61. The summed E-state index contributed by atoms with van der Waals surface area (Å²) in [5.74, 6) is 0.752. The van der Waals surface area contributed by atoms with Gasteiger partial charge in [0.25, 0.3) is 5.91 Å². The van der Waals surface area contributed by atoms with Gasteiger partial charge in [0.05, 0.1) is 17.3 Å². The van der Waals surface area contributed by atoms with Crippen molar-refractivity contribution < 1.29 is 22.7 Å². The molecule has 0 bridgehead atoms. The maximum absolute atomic E-state index is 12.7. The lowest BCUT2D eigenvalue weighted by Gasteiger charge is -2.18. The largest absolute Gasteiger partial charge is 0.493 e. The lowest BCUT2D eigenvalue weighted by atomic mass is 10.3. The van der Waals surface area contributed by atoms with Gasteiger partial charge in [-0.05, 0) is 42.8 Å². The van der Waals surface area contributed by atoms with Crippen LogP contribution in [0.15, 0.2) is 53.4 Å². The Hall–Kier alpha value is -2.25. The molecule has 0 N–H and O–H groups in total. The van der Waals surface area contributed by atoms with E-state index in [9.17, 15) is 13.2 Å². The first-order valence-electron chi connectivity index (χ1n) is 8.45. The van der Waals surface area contributed by atoms with Crippen molar-refractivity contribution in [2.45, 2.75) is 16.6 Å². The van der Waals surface area contributed by atoms with E-state index in [1.807, 2.05) is 0 Å². The molecular weight excluding hydrogens is 390 g/mol. The van der Waals surface area contributed by atoms with E-state index in [-0.39, 0.29) is 24.0 Å². The van der Waals surface area contributed by atoms with Gasteiger partial charge in [-0.15, -0.1) is 0 Å². The van der Waals surface area contributed by atoms with Crippen molar-refractivity contribution in [3.8, 4) is 11.5 Å². The quantitative estimate of drug-likeness (QED) is 0.733. The van der Waals surface area contributed by atoms with E-state index >= 15 is 0 Å². The van der Waals surface area contributed by atoms with Crippen molar-refractivity contribution >= 4 is 27.3 Å². The standard InChI is InChI=1S/C19H20ClNO5S/c1-25-17-4-2-3-5-18(17)26-13-19(22)21-11-10-16(12-21)27(23,24)15-8-6-14(20)7-9-15/h2-9,16H,10-13H2,1H3/t16-/m1/s1. The van der Waals surface area contributed by atoms with E-state index in [1.54, 1.807) is 36.4 Å². The third-order valence-electron chi connectivity index (χ3n) is 4.50. The van der Waals surface area contributed by atoms with Gasteiger partial charge in [-0.3, -0.25) is 4.79 Å². The number of carbonyl (C=O) groups excluding carboxylic acids is 1. The Kier molecular flexibility index (Phi) is 5.92. The summed E-state index contributed by atoms with van der Waals surface area (Å²) in [4.78, 5) is 14.2. The number of carbonyl (C=O) groups is 1. The van der Waals surface area contributed by atoms with Crippen molar-refractivity contribution in [2.75, 3.05) is 26.8 Å². The summed E-state index contributed by atoms with van der Waals surface area (Å²) in [5, 5.41) is -0.153. The van der Waals surface area contributed by atoms with Crippen LogP contribution in [0.5, 0.6) is 11.5 Å². The van der Waals surface area contributed by atoms with Gasteiger partial charge in [-0.2, -0.15) is 0 Å². The minimum Gasteiger partial charge on any atom is -0.493 e. The molecule has 1 aliphatic heterocycles. The molecule has 0 saturated carbocycles. The van der Waals surface area contributed by atoms with E-state index in [0.29, 0.717) is 29.5 Å². The topological polar surface area (TPSA) is 72.9 Å². The van der Waals surface area contributed by atoms with Crippen LogP contribution in [0, 0.1) is 0 Å². The van der Waals surface area contributed by atoms with Gasteiger partial charge in [0.1, 0.15) is 0 Å². The normalized spacial score (nSPS) is 17.0. The zero-order chi connectivity index (χ0) is 19.4. The molecule has 8 heteroatoms. The van der Waals surface area contributed by atoms with Gasteiger partial charge in [0.2, 0.25) is 0 Å². The smallest absolute Gasteiger partial charge is 0.260 e. The lowest BCUT2D eigenvalue weighted by molar-refractivity contribution is -0.132. The number of nitrogens with zero attached hydrogens (tertiary/aromatic N) is 1. The van der Waals surface area contributed by atoms with Crippen LogP contribution >= 0.6 is 11.6 Å². The molecule has 1 fully saturated rings. The van der Waals surface area contributed by atoms with E-state index in [1.165, 1.54) is 24.1 Å². The summed E-state index contributed by atoms with van der Waals surface area (Å²) in [6.07, 6.45) is 0.394. The minimum absolute atomic E-state index is 0.152. The molecule has 2 aromatic carbocycles. The van der Waals surface area contributed by atoms with Gasteiger partial charge in [0, 0.05) is 18.1 Å². The minimum atomic E-state index is -3.51. The first kappa shape index (κ1) is 19.5. The summed E-state index contributed by atoms with van der Waals surface area (Å²) in [5.41, 5.74) is 0. The average Bonchev–Trinajstić information content (AvgIpc) is 3.18. The number of benzene rings is 2. The first-order valence-corrected chi connectivity index (χ1v) is 10.4. The van der Waals surface area contributed by atoms with Gasteiger partial charge < -0.3 is 14.4 Å². The van der Waals surface area contributed by atoms with E-state index in [2.05, 4.69) is 0 Å². The monoisotopic (exact) mass is 409 g/mol. The number of halogens is 1. The number of ether oxygens (including phenoxy) is 2. The maximum Gasteiger partial charge on any atom is 0.260 e. The average molecular weight is 410 g/mol. The van der Waals surface area contributed by atoms with Crippen LogP contribution in [0.2, 0.25) is 5.02 Å². The van der Waals surface area contributed by atoms with Gasteiger partial charge >= 0.3 is 0 Å². The van der Waals surface area contributed by atoms with Crippen LogP contribution in [0.1, 0.15) is 6.42 Å². The molecule has 1 atom stereocenters. The number of hydrogen-bond donors (Lipinski definition) is 0. The molecule has 0 aromatic heterocycles. The van der Waals surface area contributed by atoms with Crippen LogP contribution in [0.3, 0.4) is 0 Å². The maximum atomic E-state index is 12.7. The van der Waals surface area contributed by atoms with E-state index in [0.717, 1.165) is 0 Å². The molecule has 3 rings (SSSR count). The third-order valence-corrected chi connectivity index (χ3v) is 6.94. The van der Waals surface area contributed by atoms with Crippen LogP contribution in [-0.2, 0) is 14.6 Å². The second-order valence-electron chi connectivity index (χ2n) is 6.19. The first-order chi connectivity index (χ1) is 12.9. The Morgan fingerprint density at radius 3 is 2.48 bits per heavy atom. The SMILES string of the molecule is COc1ccccc1OCC(=O)N1CC[C@@H](S(=O)(=O)c2ccc(Cl)cc2)C1. The number of rotatable bonds is 6. The summed E-state index contributed by atoms with van der Waals surface area (Å²) in [6.45, 7) is 0.360. The lowest BCUT2D eigenvalue weighted by Crippen LogP contribution is -2.35. The Morgan fingerprint density at radius 2 is 1.81 bits per heavy atom. The van der Waals surface area contributed by atoms with Gasteiger partial charge in [-0.1, -0.05) is 23.7 Å². The number of likely N-dealkylation sites (tertiary alicyclic amines) is 1. The van der Waals surface area contributed by atoms with Crippen LogP contribution < -0.4 is 9.47 Å². The fraction of sp³-hybridized carbons (Fsp3) is 0.316. The van der Waals surface area contributed by atoms with Gasteiger partial charge in [0.15, 0.2) is 27.9 Å². The molecule has 1 amide bonds. The molecule has 27 heavy (non-hydrogen) atoms. The predicted octanol–water partition coefficient (Wildman–Crippen LogP) is 2.80. The molecule has 0 spiro atoms. The highest BCUT2D eigenvalue weighted by Gasteiger charge is 2.36. The molecular formula is C19H20ClNO5S. The fourth-order valence-electron chi connectivity index (χ4n) is 2.99. The molecule has 0 radical (unpaired) electrons. The van der Waals surface area contributed by atoms with Gasteiger partial charge in [-0.25, -0.2) is 8.42 Å². The number of hydrogen-bond acceptors (Lipinski definition) is 5. The molecule has 6 nitrogen and oxygen atoms in total. The molecule has 0 aliphatic carbocycles. The molecule has 1 heterocycles. The highest BCUT2D eigenvalue weighted by atomic mass is 35.5. The third kappa shape index (κ3) is 4.36. The Morgan fingerprint density at radius 1 is 1.15 bits per heavy atom. The highest BCUT2D eigenvalue weighted by Crippen LogP contribution is 2.27. The Bertz CT molecular complexity index is 914. The molecule has 2 aromatic rings. The molecule has 0 unspecified atom stereocenters. The van der Waals surface area contributed by atoms with Crippen molar-refractivity contribution in [3.63, 3.8) is 0 Å². The fourth-order valence-corrected chi connectivity index (χ4v) is 4.81. The second kappa shape index (κ2) is 8.19. The summed E-state index contributed by atoms with van der Waals surface area (Å²) < 4.78 is 36.2. The summed E-state index contributed by atoms with van der Waals surface area (Å²) >= 11 is 5.82. The summed E-state index contributed by atoms with van der Waals surface area (Å²) in [7, 11) is -1.99.